The predicted octanol–water partition coefficient (Wildman–Crippen LogP) is 2.58. The maximum atomic E-state index is 13.0. The van der Waals surface area contributed by atoms with Crippen LogP contribution in [-0.2, 0) is 9.59 Å². The van der Waals surface area contributed by atoms with Crippen LogP contribution in [0.1, 0.15) is 6.42 Å². The van der Waals surface area contributed by atoms with E-state index >= 15 is 0 Å². The number of methoxy groups -OCH3 is 1. The summed E-state index contributed by atoms with van der Waals surface area (Å²) < 4.78 is 18.2. The Kier molecular flexibility index (Phi) is 3.97. The number of amides is 2. The Bertz CT molecular complexity index is 746. The molecule has 0 bridgehead atoms. The third-order valence-electron chi connectivity index (χ3n) is 3.67. The van der Waals surface area contributed by atoms with E-state index in [1.165, 1.54) is 31.4 Å². The van der Waals surface area contributed by atoms with Gasteiger partial charge < -0.3 is 10.1 Å². The third kappa shape index (κ3) is 2.88. The predicted molar refractivity (Wildman–Crippen MR) is 83.9 cm³/mol. The fourth-order valence-corrected chi connectivity index (χ4v) is 2.56. The molecule has 1 N–H and O–H groups in total. The lowest BCUT2D eigenvalue weighted by molar-refractivity contribution is -0.121. The number of anilines is 2. The van der Waals surface area contributed by atoms with Crippen LogP contribution in [0.2, 0.25) is 0 Å². The van der Waals surface area contributed by atoms with Gasteiger partial charge >= 0.3 is 0 Å². The van der Waals surface area contributed by atoms with Gasteiger partial charge in [-0.1, -0.05) is 12.1 Å². The summed E-state index contributed by atoms with van der Waals surface area (Å²) in [7, 11) is 1.53. The Morgan fingerprint density at radius 3 is 2.52 bits per heavy atom. The molecule has 1 unspecified atom stereocenters. The van der Waals surface area contributed by atoms with Gasteiger partial charge in [-0.2, -0.15) is 0 Å². The molecule has 2 aromatic rings. The molecule has 1 heterocycles. The van der Waals surface area contributed by atoms with E-state index in [1.54, 1.807) is 12.1 Å². The van der Waals surface area contributed by atoms with E-state index in [9.17, 15) is 14.0 Å². The van der Waals surface area contributed by atoms with Crippen molar-refractivity contribution < 1.29 is 18.7 Å². The molecule has 0 aliphatic carbocycles. The van der Waals surface area contributed by atoms with E-state index in [4.69, 9.17) is 4.74 Å². The smallest absolute Gasteiger partial charge is 0.256 e. The zero-order chi connectivity index (χ0) is 16.4. The van der Waals surface area contributed by atoms with E-state index in [0.717, 1.165) is 4.90 Å². The minimum Gasteiger partial charge on any atom is -0.495 e. The van der Waals surface area contributed by atoms with Crippen LogP contribution in [-0.4, -0.2) is 25.0 Å². The number of rotatable bonds is 4. The molecule has 0 saturated carbocycles. The second-order valence-corrected chi connectivity index (χ2v) is 5.15. The van der Waals surface area contributed by atoms with E-state index in [1.807, 2.05) is 12.1 Å². The molecule has 2 aromatic carbocycles. The lowest BCUT2D eigenvalue weighted by Gasteiger charge is -2.17. The molecule has 3 rings (SSSR count). The van der Waals surface area contributed by atoms with Gasteiger partial charge in [0.25, 0.3) is 5.91 Å². The molecule has 1 aliphatic rings. The van der Waals surface area contributed by atoms with Crippen LogP contribution in [0.4, 0.5) is 15.8 Å². The lowest BCUT2D eigenvalue weighted by Crippen LogP contribution is -2.34. The summed E-state index contributed by atoms with van der Waals surface area (Å²) in [6.45, 7) is 0. The largest absolute Gasteiger partial charge is 0.495 e. The molecule has 1 fully saturated rings. The molecule has 1 aliphatic heterocycles. The first-order chi connectivity index (χ1) is 11.1. The first-order valence-corrected chi connectivity index (χ1v) is 7.12. The van der Waals surface area contributed by atoms with Crippen molar-refractivity contribution in [1.82, 2.24) is 0 Å². The summed E-state index contributed by atoms with van der Waals surface area (Å²) in [6, 6.07) is 11.8. The number of carbonyl (C=O) groups excluding carboxylic acids is 2. The van der Waals surface area contributed by atoms with Crippen molar-refractivity contribution in [1.29, 1.82) is 0 Å². The highest BCUT2D eigenvalue weighted by molar-refractivity contribution is 6.23. The quantitative estimate of drug-likeness (QED) is 0.881. The highest BCUT2D eigenvalue weighted by atomic mass is 19.1. The second kappa shape index (κ2) is 6.08. The highest BCUT2D eigenvalue weighted by Gasteiger charge is 2.39. The summed E-state index contributed by atoms with van der Waals surface area (Å²) in [5.74, 6) is -0.522. The number of nitrogens with one attached hydrogen (secondary N) is 1. The Balaban J connectivity index is 1.82. The number of imide groups is 1. The van der Waals surface area contributed by atoms with Crippen molar-refractivity contribution >= 4 is 23.2 Å². The molecule has 23 heavy (non-hydrogen) atoms. The van der Waals surface area contributed by atoms with Crippen LogP contribution < -0.4 is 15.0 Å². The Labute approximate surface area is 132 Å². The maximum absolute atomic E-state index is 13.0. The molecule has 5 nitrogen and oxygen atoms in total. The summed E-state index contributed by atoms with van der Waals surface area (Å²) in [6.07, 6.45) is 0.0360. The van der Waals surface area contributed by atoms with Gasteiger partial charge in [-0.05, 0) is 36.4 Å². The maximum Gasteiger partial charge on any atom is 0.256 e. The van der Waals surface area contributed by atoms with Gasteiger partial charge in [0, 0.05) is 0 Å². The molecule has 1 atom stereocenters. The Hall–Kier alpha value is -2.89. The van der Waals surface area contributed by atoms with Crippen molar-refractivity contribution in [2.75, 3.05) is 17.3 Å². The number of hydrogen-bond donors (Lipinski definition) is 1. The normalized spacial score (nSPS) is 17.5. The monoisotopic (exact) mass is 314 g/mol. The van der Waals surface area contributed by atoms with Crippen molar-refractivity contribution in [3.63, 3.8) is 0 Å². The molecule has 0 aromatic heterocycles. The Morgan fingerprint density at radius 1 is 1.13 bits per heavy atom. The van der Waals surface area contributed by atoms with Gasteiger partial charge in [-0.15, -0.1) is 0 Å². The molecule has 6 heteroatoms. The summed E-state index contributed by atoms with van der Waals surface area (Å²) in [4.78, 5) is 25.8. The highest BCUT2D eigenvalue weighted by Crippen LogP contribution is 2.28. The van der Waals surface area contributed by atoms with Gasteiger partial charge in [-0.25, -0.2) is 9.29 Å². The third-order valence-corrected chi connectivity index (χ3v) is 3.67. The minimum absolute atomic E-state index is 0.0360. The average Bonchev–Trinajstić information content (AvgIpc) is 2.83. The van der Waals surface area contributed by atoms with Crippen LogP contribution >= 0.6 is 0 Å². The van der Waals surface area contributed by atoms with Gasteiger partial charge in [0.2, 0.25) is 5.91 Å². The average molecular weight is 314 g/mol. The molecule has 2 amide bonds. The molecule has 1 saturated heterocycles. The SMILES string of the molecule is COc1ccccc1NC1CC(=O)N(c2ccc(F)cc2)C1=O. The van der Waals surface area contributed by atoms with Gasteiger partial charge in [0.05, 0.1) is 24.9 Å². The molecule has 118 valence electrons. The number of halogens is 1. The molecular formula is C17H15FN2O3. The number of carbonyl (C=O) groups is 2. The Morgan fingerprint density at radius 2 is 1.83 bits per heavy atom. The van der Waals surface area contributed by atoms with E-state index in [-0.39, 0.29) is 18.2 Å². The molecular weight excluding hydrogens is 299 g/mol. The van der Waals surface area contributed by atoms with Crippen molar-refractivity contribution in [2.24, 2.45) is 0 Å². The lowest BCUT2D eigenvalue weighted by atomic mass is 10.2. The number of ether oxygens (including phenoxy) is 1. The standard InChI is InChI=1S/C17H15FN2O3/c1-23-15-5-3-2-4-13(15)19-14-10-16(21)20(17(14)22)12-8-6-11(18)7-9-12/h2-9,14,19H,10H2,1H3. The van der Waals surface area contributed by atoms with E-state index < -0.39 is 11.9 Å². The zero-order valence-corrected chi connectivity index (χ0v) is 12.5. The van der Waals surface area contributed by atoms with Crippen LogP contribution in [0.25, 0.3) is 0 Å². The first kappa shape index (κ1) is 15.0. The van der Waals surface area contributed by atoms with Crippen LogP contribution in [0.5, 0.6) is 5.75 Å². The van der Waals surface area contributed by atoms with Gasteiger partial charge in [-0.3, -0.25) is 9.59 Å². The summed E-state index contributed by atoms with van der Waals surface area (Å²) >= 11 is 0. The van der Waals surface area contributed by atoms with Crippen LogP contribution in [0, 0.1) is 5.82 Å². The number of nitrogens with zero attached hydrogens (tertiary/aromatic N) is 1. The van der Waals surface area contributed by atoms with Crippen molar-refractivity contribution in [3.05, 3.63) is 54.3 Å². The topological polar surface area (TPSA) is 58.6 Å². The van der Waals surface area contributed by atoms with Crippen LogP contribution in [0.15, 0.2) is 48.5 Å². The minimum atomic E-state index is -0.677. The number of benzene rings is 2. The summed E-state index contributed by atoms with van der Waals surface area (Å²) in [5, 5.41) is 3.04. The first-order valence-electron chi connectivity index (χ1n) is 7.12. The van der Waals surface area contributed by atoms with Gasteiger partial charge in [0.1, 0.15) is 17.6 Å². The number of hydrogen-bond acceptors (Lipinski definition) is 4. The van der Waals surface area contributed by atoms with E-state index in [0.29, 0.717) is 17.1 Å². The molecule has 0 radical (unpaired) electrons. The molecule has 0 spiro atoms. The summed E-state index contributed by atoms with van der Waals surface area (Å²) in [5.41, 5.74) is 1.01. The van der Waals surface area contributed by atoms with Gasteiger partial charge in [0.15, 0.2) is 0 Å². The van der Waals surface area contributed by atoms with Crippen molar-refractivity contribution in [3.8, 4) is 5.75 Å². The fraction of sp³-hybridized carbons (Fsp3) is 0.176. The van der Waals surface area contributed by atoms with E-state index in [2.05, 4.69) is 5.32 Å². The second-order valence-electron chi connectivity index (χ2n) is 5.15. The fourth-order valence-electron chi connectivity index (χ4n) is 2.56. The number of para-hydroxylation sites is 2. The van der Waals surface area contributed by atoms with Crippen LogP contribution in [0.3, 0.4) is 0 Å². The van der Waals surface area contributed by atoms with Crippen molar-refractivity contribution in [2.45, 2.75) is 12.5 Å². The zero-order valence-electron chi connectivity index (χ0n) is 12.5.